The van der Waals surface area contributed by atoms with E-state index in [-0.39, 0.29) is 18.0 Å². The number of aryl methyl sites for hydroxylation is 1. The smallest absolute Gasteiger partial charge is 0.387 e. The van der Waals surface area contributed by atoms with E-state index in [1.165, 1.54) is 6.07 Å². The number of aromatic nitrogens is 1. The number of halogens is 2. The van der Waals surface area contributed by atoms with Crippen LogP contribution in [0.1, 0.15) is 11.3 Å². The van der Waals surface area contributed by atoms with Gasteiger partial charge in [0.25, 0.3) is 0 Å². The molecule has 1 heterocycles. The molecule has 2 aromatic rings. The van der Waals surface area contributed by atoms with Crippen molar-refractivity contribution < 1.29 is 18.3 Å². The number of ether oxygens (including phenoxy) is 1. The van der Waals surface area contributed by atoms with Crippen LogP contribution in [0.5, 0.6) is 5.75 Å². The number of amides is 2. The lowest BCUT2D eigenvalue weighted by Crippen LogP contribution is -2.29. The molecule has 2 N–H and O–H groups in total. The SMILES string of the molecule is Cc1cccc(OC(F)F)c1NC(=O)NCc1ccccn1. The second kappa shape index (κ2) is 7.35. The fourth-order valence-electron chi connectivity index (χ4n) is 1.83. The molecule has 0 aliphatic carbocycles. The Bertz CT molecular complexity index is 636. The van der Waals surface area contributed by atoms with Crippen molar-refractivity contribution in [3.63, 3.8) is 0 Å². The van der Waals surface area contributed by atoms with Crippen LogP contribution in [-0.2, 0) is 6.54 Å². The Hall–Kier alpha value is -2.70. The van der Waals surface area contributed by atoms with Gasteiger partial charge in [-0.3, -0.25) is 4.98 Å². The molecule has 7 heteroatoms. The van der Waals surface area contributed by atoms with Crippen LogP contribution in [0.2, 0.25) is 0 Å². The Morgan fingerprint density at radius 1 is 1.27 bits per heavy atom. The first-order valence-corrected chi connectivity index (χ1v) is 6.55. The van der Waals surface area contributed by atoms with Crippen LogP contribution in [-0.4, -0.2) is 17.6 Å². The van der Waals surface area contributed by atoms with Crippen molar-refractivity contribution in [2.24, 2.45) is 0 Å². The molecule has 22 heavy (non-hydrogen) atoms. The first-order valence-electron chi connectivity index (χ1n) is 6.55. The van der Waals surface area contributed by atoms with Crippen LogP contribution in [0.3, 0.4) is 0 Å². The zero-order chi connectivity index (χ0) is 15.9. The number of nitrogens with one attached hydrogen (secondary N) is 2. The molecule has 1 aromatic carbocycles. The summed E-state index contributed by atoms with van der Waals surface area (Å²) in [7, 11) is 0. The third-order valence-electron chi connectivity index (χ3n) is 2.85. The maximum absolute atomic E-state index is 12.4. The zero-order valence-corrected chi connectivity index (χ0v) is 11.8. The fourth-order valence-corrected chi connectivity index (χ4v) is 1.83. The van der Waals surface area contributed by atoms with Gasteiger partial charge < -0.3 is 15.4 Å². The highest BCUT2D eigenvalue weighted by Crippen LogP contribution is 2.29. The van der Waals surface area contributed by atoms with Crippen LogP contribution in [0.25, 0.3) is 0 Å². The van der Waals surface area contributed by atoms with Gasteiger partial charge in [-0.1, -0.05) is 18.2 Å². The molecular formula is C15H15F2N3O2. The summed E-state index contributed by atoms with van der Waals surface area (Å²) in [4.78, 5) is 15.9. The maximum Gasteiger partial charge on any atom is 0.387 e. The number of hydrogen-bond acceptors (Lipinski definition) is 3. The van der Waals surface area contributed by atoms with Crippen molar-refractivity contribution in [3.8, 4) is 5.75 Å². The van der Waals surface area contributed by atoms with Gasteiger partial charge in [-0.2, -0.15) is 8.78 Å². The van der Waals surface area contributed by atoms with E-state index in [9.17, 15) is 13.6 Å². The normalized spacial score (nSPS) is 10.4. The summed E-state index contributed by atoms with van der Waals surface area (Å²) >= 11 is 0. The van der Waals surface area contributed by atoms with Crippen molar-refractivity contribution in [3.05, 3.63) is 53.9 Å². The van der Waals surface area contributed by atoms with Crippen molar-refractivity contribution >= 4 is 11.7 Å². The highest BCUT2D eigenvalue weighted by atomic mass is 19.3. The van der Waals surface area contributed by atoms with E-state index in [0.29, 0.717) is 11.3 Å². The molecule has 0 atom stereocenters. The van der Waals surface area contributed by atoms with E-state index in [4.69, 9.17) is 0 Å². The number of alkyl halides is 2. The predicted molar refractivity (Wildman–Crippen MR) is 77.9 cm³/mol. The molecule has 0 fully saturated rings. The highest BCUT2D eigenvalue weighted by molar-refractivity contribution is 5.91. The van der Waals surface area contributed by atoms with Gasteiger partial charge in [-0.25, -0.2) is 4.79 Å². The standard InChI is InChI=1S/C15H15F2N3O2/c1-10-5-4-7-12(22-14(16)17)13(10)20-15(21)19-9-11-6-2-3-8-18-11/h2-8,14H,9H2,1H3,(H2,19,20,21). The largest absolute Gasteiger partial charge is 0.433 e. The summed E-state index contributed by atoms with van der Waals surface area (Å²) in [6.45, 7) is -1.05. The number of benzene rings is 1. The number of carbonyl (C=O) groups excluding carboxylic acids is 1. The van der Waals surface area contributed by atoms with Gasteiger partial charge in [0.1, 0.15) is 5.75 Å². The van der Waals surface area contributed by atoms with Gasteiger partial charge >= 0.3 is 12.6 Å². The van der Waals surface area contributed by atoms with Crippen molar-refractivity contribution in [2.45, 2.75) is 20.1 Å². The zero-order valence-electron chi connectivity index (χ0n) is 11.8. The Balaban J connectivity index is 2.02. The highest BCUT2D eigenvalue weighted by Gasteiger charge is 2.13. The van der Waals surface area contributed by atoms with Gasteiger partial charge in [-0.05, 0) is 30.7 Å². The number of urea groups is 1. The van der Waals surface area contributed by atoms with Gasteiger partial charge in [0.05, 0.1) is 17.9 Å². The van der Waals surface area contributed by atoms with Crippen molar-refractivity contribution in [1.82, 2.24) is 10.3 Å². The number of nitrogens with zero attached hydrogens (tertiary/aromatic N) is 1. The monoisotopic (exact) mass is 307 g/mol. The van der Waals surface area contributed by atoms with Crippen LogP contribution in [0.4, 0.5) is 19.3 Å². The lowest BCUT2D eigenvalue weighted by Gasteiger charge is -2.14. The Morgan fingerprint density at radius 2 is 2.09 bits per heavy atom. The minimum absolute atomic E-state index is 0.0806. The lowest BCUT2D eigenvalue weighted by molar-refractivity contribution is -0.0493. The minimum Gasteiger partial charge on any atom is -0.433 e. The molecule has 0 aliphatic rings. The number of anilines is 1. The molecule has 0 bridgehead atoms. The quantitative estimate of drug-likeness (QED) is 0.890. The third-order valence-corrected chi connectivity index (χ3v) is 2.85. The molecular weight excluding hydrogens is 292 g/mol. The molecule has 0 aliphatic heterocycles. The fraction of sp³-hybridized carbons (Fsp3) is 0.200. The first-order chi connectivity index (χ1) is 10.6. The van der Waals surface area contributed by atoms with E-state index >= 15 is 0 Å². The van der Waals surface area contributed by atoms with E-state index in [1.807, 2.05) is 0 Å². The predicted octanol–water partition coefficient (Wildman–Crippen LogP) is 3.31. The molecule has 1 aromatic heterocycles. The molecule has 5 nitrogen and oxygen atoms in total. The number of pyridine rings is 1. The summed E-state index contributed by atoms with van der Waals surface area (Å²) in [5.41, 5.74) is 1.51. The third kappa shape index (κ3) is 4.41. The van der Waals surface area contributed by atoms with Gasteiger partial charge in [-0.15, -0.1) is 0 Å². The molecule has 0 saturated carbocycles. The van der Waals surface area contributed by atoms with Gasteiger partial charge in [0.15, 0.2) is 0 Å². The Kier molecular flexibility index (Phi) is 5.24. The van der Waals surface area contributed by atoms with Crippen molar-refractivity contribution in [1.29, 1.82) is 0 Å². The molecule has 2 rings (SSSR count). The summed E-state index contributed by atoms with van der Waals surface area (Å²) in [5.74, 6) is -0.0806. The summed E-state index contributed by atoms with van der Waals surface area (Å²) in [5, 5.41) is 5.12. The lowest BCUT2D eigenvalue weighted by atomic mass is 10.2. The van der Waals surface area contributed by atoms with Gasteiger partial charge in [0.2, 0.25) is 0 Å². The molecule has 0 radical (unpaired) electrons. The van der Waals surface area contributed by atoms with Gasteiger partial charge in [0, 0.05) is 6.20 Å². The average molecular weight is 307 g/mol. The molecule has 116 valence electrons. The number of carbonyl (C=O) groups is 1. The molecule has 0 spiro atoms. The van der Waals surface area contributed by atoms with E-state index in [2.05, 4.69) is 20.4 Å². The molecule has 0 unspecified atom stereocenters. The second-order valence-electron chi connectivity index (χ2n) is 4.46. The summed E-state index contributed by atoms with van der Waals surface area (Å²) in [6.07, 6.45) is 1.62. The Labute approximate surface area is 126 Å². The minimum atomic E-state index is -2.96. The van der Waals surface area contributed by atoms with E-state index in [0.717, 1.165) is 0 Å². The van der Waals surface area contributed by atoms with E-state index < -0.39 is 12.6 Å². The number of hydrogen-bond donors (Lipinski definition) is 2. The van der Waals surface area contributed by atoms with Crippen LogP contribution >= 0.6 is 0 Å². The van der Waals surface area contributed by atoms with Crippen molar-refractivity contribution in [2.75, 3.05) is 5.32 Å². The first kappa shape index (κ1) is 15.7. The second-order valence-corrected chi connectivity index (χ2v) is 4.46. The maximum atomic E-state index is 12.4. The van der Waals surface area contributed by atoms with Crippen LogP contribution < -0.4 is 15.4 Å². The average Bonchev–Trinajstić information content (AvgIpc) is 2.49. The number of rotatable bonds is 5. The van der Waals surface area contributed by atoms with Crippen LogP contribution in [0.15, 0.2) is 42.6 Å². The molecule has 2 amide bonds. The Morgan fingerprint density at radius 3 is 2.77 bits per heavy atom. The van der Waals surface area contributed by atoms with Crippen LogP contribution in [0, 0.1) is 6.92 Å². The summed E-state index contributed by atoms with van der Waals surface area (Å²) < 4.78 is 29.2. The topological polar surface area (TPSA) is 63.2 Å². The number of para-hydroxylation sites is 1. The van der Waals surface area contributed by atoms with E-state index in [1.54, 1.807) is 43.5 Å². The summed E-state index contributed by atoms with van der Waals surface area (Å²) in [6, 6.07) is 9.44. The molecule has 0 saturated heterocycles.